The summed E-state index contributed by atoms with van der Waals surface area (Å²) >= 11 is 0. The second-order valence-corrected chi connectivity index (χ2v) is 4.71. The van der Waals surface area contributed by atoms with Crippen molar-refractivity contribution in [3.05, 3.63) is 0 Å². The lowest BCUT2D eigenvalue weighted by Crippen LogP contribution is -2.46. The molecule has 3 N–H and O–H groups in total. The molecule has 0 heterocycles. The molecule has 1 aliphatic carbocycles. The zero-order chi connectivity index (χ0) is 11.0. The molecule has 0 aromatic carbocycles. The van der Waals surface area contributed by atoms with Crippen LogP contribution in [0, 0.1) is 0 Å². The molecule has 0 spiro atoms. The van der Waals surface area contributed by atoms with E-state index in [1.54, 1.807) is 0 Å². The Labute approximate surface area is 92.9 Å². The highest BCUT2D eigenvalue weighted by Gasteiger charge is 2.31. The van der Waals surface area contributed by atoms with E-state index in [1.165, 1.54) is 19.3 Å². The van der Waals surface area contributed by atoms with Gasteiger partial charge in [-0.05, 0) is 32.2 Å². The summed E-state index contributed by atoms with van der Waals surface area (Å²) < 4.78 is 0. The highest BCUT2D eigenvalue weighted by atomic mass is 16.3. The maximum atomic E-state index is 9.36. The lowest BCUT2D eigenvalue weighted by atomic mass is 9.98. The van der Waals surface area contributed by atoms with Crippen LogP contribution < -0.4 is 5.32 Å². The maximum absolute atomic E-state index is 9.36. The van der Waals surface area contributed by atoms with E-state index >= 15 is 0 Å². The minimum absolute atomic E-state index is 0.0387. The van der Waals surface area contributed by atoms with Crippen LogP contribution >= 0.6 is 0 Å². The Bertz CT molecular complexity index is 156. The smallest absolute Gasteiger partial charge is 0.0613 e. The molecular weight excluding hydrogens is 190 g/mol. The largest absolute Gasteiger partial charge is 0.396 e. The van der Waals surface area contributed by atoms with Crippen LogP contribution in [0.1, 0.15) is 51.4 Å². The van der Waals surface area contributed by atoms with E-state index in [4.69, 9.17) is 5.11 Å². The Balaban J connectivity index is 2.02. The van der Waals surface area contributed by atoms with Gasteiger partial charge in [0.05, 0.1) is 6.61 Å². The van der Waals surface area contributed by atoms with E-state index in [9.17, 15) is 5.11 Å². The molecule has 0 unspecified atom stereocenters. The molecule has 90 valence electrons. The summed E-state index contributed by atoms with van der Waals surface area (Å²) in [6.45, 7) is 1.60. The fraction of sp³-hybridized carbons (Fsp3) is 1.00. The maximum Gasteiger partial charge on any atom is 0.0613 e. The van der Waals surface area contributed by atoms with Crippen LogP contribution in [-0.2, 0) is 0 Å². The van der Waals surface area contributed by atoms with Crippen molar-refractivity contribution in [1.29, 1.82) is 0 Å². The standard InChI is InChI=1S/C12H25NO2/c14-10-6-2-1-5-9-13-12(11-15)7-3-4-8-12/h13-15H,1-11H2. The summed E-state index contributed by atoms with van der Waals surface area (Å²) in [5.41, 5.74) is 0.0387. The van der Waals surface area contributed by atoms with Gasteiger partial charge in [0.1, 0.15) is 0 Å². The van der Waals surface area contributed by atoms with Crippen LogP contribution in [-0.4, -0.2) is 35.5 Å². The minimum Gasteiger partial charge on any atom is -0.396 e. The Hall–Kier alpha value is -0.120. The molecule has 3 heteroatoms. The molecule has 1 fully saturated rings. The lowest BCUT2D eigenvalue weighted by molar-refractivity contribution is 0.164. The molecule has 0 saturated heterocycles. The van der Waals surface area contributed by atoms with Gasteiger partial charge in [-0.15, -0.1) is 0 Å². The Morgan fingerprint density at radius 3 is 2.20 bits per heavy atom. The number of unbranched alkanes of at least 4 members (excludes halogenated alkanes) is 3. The minimum atomic E-state index is 0.0387. The molecule has 0 atom stereocenters. The molecule has 0 amide bonds. The summed E-state index contributed by atoms with van der Waals surface area (Å²) in [4.78, 5) is 0. The van der Waals surface area contributed by atoms with Crippen molar-refractivity contribution >= 4 is 0 Å². The van der Waals surface area contributed by atoms with Crippen molar-refractivity contribution in [2.45, 2.75) is 56.9 Å². The highest BCUT2D eigenvalue weighted by molar-refractivity contribution is 4.91. The zero-order valence-corrected chi connectivity index (χ0v) is 9.67. The van der Waals surface area contributed by atoms with E-state index < -0.39 is 0 Å². The molecule has 0 aromatic heterocycles. The molecule has 1 aliphatic rings. The van der Waals surface area contributed by atoms with Crippen molar-refractivity contribution in [1.82, 2.24) is 5.32 Å². The average Bonchev–Trinajstić information content (AvgIpc) is 2.73. The highest BCUT2D eigenvalue weighted by Crippen LogP contribution is 2.28. The topological polar surface area (TPSA) is 52.5 Å². The van der Waals surface area contributed by atoms with Crippen molar-refractivity contribution in [3.63, 3.8) is 0 Å². The number of aliphatic hydroxyl groups is 2. The number of hydrogen-bond donors (Lipinski definition) is 3. The van der Waals surface area contributed by atoms with Crippen molar-refractivity contribution in [3.8, 4) is 0 Å². The van der Waals surface area contributed by atoms with Crippen LogP contribution in [0.15, 0.2) is 0 Å². The molecule has 1 saturated carbocycles. The Morgan fingerprint density at radius 1 is 0.933 bits per heavy atom. The Kier molecular flexibility index (Phi) is 6.22. The van der Waals surface area contributed by atoms with Crippen LogP contribution in [0.2, 0.25) is 0 Å². The van der Waals surface area contributed by atoms with Gasteiger partial charge in [-0.25, -0.2) is 0 Å². The third-order valence-electron chi connectivity index (χ3n) is 3.45. The van der Waals surface area contributed by atoms with Gasteiger partial charge in [-0.3, -0.25) is 0 Å². The van der Waals surface area contributed by atoms with Crippen LogP contribution in [0.25, 0.3) is 0 Å². The SMILES string of the molecule is OCCCCCCNC1(CO)CCCC1. The summed E-state index contributed by atoms with van der Waals surface area (Å²) in [5, 5.41) is 21.5. The number of nitrogens with one attached hydrogen (secondary N) is 1. The summed E-state index contributed by atoms with van der Waals surface area (Å²) in [6.07, 6.45) is 9.11. The van der Waals surface area contributed by atoms with Gasteiger partial charge < -0.3 is 15.5 Å². The van der Waals surface area contributed by atoms with E-state index in [0.717, 1.165) is 38.6 Å². The van der Waals surface area contributed by atoms with Gasteiger partial charge in [0.15, 0.2) is 0 Å². The van der Waals surface area contributed by atoms with Crippen LogP contribution in [0.4, 0.5) is 0 Å². The third kappa shape index (κ3) is 4.49. The predicted molar refractivity (Wildman–Crippen MR) is 61.8 cm³/mol. The van der Waals surface area contributed by atoms with Crippen molar-refractivity contribution < 1.29 is 10.2 Å². The molecule has 1 rings (SSSR count). The van der Waals surface area contributed by atoms with E-state index in [0.29, 0.717) is 6.61 Å². The number of hydrogen-bond acceptors (Lipinski definition) is 3. The number of rotatable bonds is 8. The molecule has 0 radical (unpaired) electrons. The first-order valence-corrected chi connectivity index (χ1v) is 6.30. The summed E-state index contributed by atoms with van der Waals surface area (Å²) in [5.74, 6) is 0. The molecule has 15 heavy (non-hydrogen) atoms. The average molecular weight is 215 g/mol. The van der Waals surface area contributed by atoms with Gasteiger partial charge in [-0.1, -0.05) is 25.7 Å². The zero-order valence-electron chi connectivity index (χ0n) is 9.67. The third-order valence-corrected chi connectivity index (χ3v) is 3.45. The lowest BCUT2D eigenvalue weighted by Gasteiger charge is -2.28. The number of aliphatic hydroxyl groups excluding tert-OH is 2. The van der Waals surface area contributed by atoms with E-state index in [1.807, 2.05) is 0 Å². The van der Waals surface area contributed by atoms with Crippen molar-refractivity contribution in [2.24, 2.45) is 0 Å². The predicted octanol–water partition coefficient (Wildman–Crippen LogP) is 1.43. The summed E-state index contributed by atoms with van der Waals surface area (Å²) in [6, 6.07) is 0. The summed E-state index contributed by atoms with van der Waals surface area (Å²) in [7, 11) is 0. The van der Waals surface area contributed by atoms with Gasteiger partial charge in [0, 0.05) is 12.1 Å². The van der Waals surface area contributed by atoms with E-state index in [-0.39, 0.29) is 12.1 Å². The Morgan fingerprint density at radius 2 is 1.60 bits per heavy atom. The second kappa shape index (κ2) is 7.20. The molecular formula is C12H25NO2. The first-order valence-electron chi connectivity index (χ1n) is 6.30. The van der Waals surface area contributed by atoms with Crippen LogP contribution in [0.5, 0.6) is 0 Å². The first-order chi connectivity index (χ1) is 7.33. The molecule has 0 aliphatic heterocycles. The molecule has 3 nitrogen and oxygen atoms in total. The van der Waals surface area contributed by atoms with Gasteiger partial charge >= 0.3 is 0 Å². The van der Waals surface area contributed by atoms with Crippen LogP contribution in [0.3, 0.4) is 0 Å². The van der Waals surface area contributed by atoms with Gasteiger partial charge in [0.2, 0.25) is 0 Å². The quantitative estimate of drug-likeness (QED) is 0.537. The monoisotopic (exact) mass is 215 g/mol. The van der Waals surface area contributed by atoms with Gasteiger partial charge in [0.25, 0.3) is 0 Å². The fourth-order valence-corrected chi connectivity index (χ4v) is 2.39. The van der Waals surface area contributed by atoms with Crippen molar-refractivity contribution in [2.75, 3.05) is 19.8 Å². The normalized spacial score (nSPS) is 19.6. The molecule has 0 aromatic rings. The van der Waals surface area contributed by atoms with Gasteiger partial charge in [-0.2, -0.15) is 0 Å². The first kappa shape index (κ1) is 12.9. The van der Waals surface area contributed by atoms with E-state index in [2.05, 4.69) is 5.32 Å². The fourth-order valence-electron chi connectivity index (χ4n) is 2.39. The molecule has 0 bridgehead atoms. The second-order valence-electron chi connectivity index (χ2n) is 4.71.